The van der Waals surface area contributed by atoms with Gasteiger partial charge in [0.25, 0.3) is 5.56 Å². The molecule has 0 fully saturated rings. The molecule has 0 aliphatic heterocycles. The summed E-state index contributed by atoms with van der Waals surface area (Å²) in [5.74, 6) is 0.436. The molecule has 0 aliphatic carbocycles. The Morgan fingerprint density at radius 3 is 2.56 bits per heavy atom. The zero-order chi connectivity index (χ0) is 24.2. The highest BCUT2D eigenvalue weighted by Crippen LogP contribution is 2.24. The molecule has 9 heteroatoms. The van der Waals surface area contributed by atoms with Gasteiger partial charge in [-0.2, -0.15) is 0 Å². The van der Waals surface area contributed by atoms with Crippen LogP contribution in [0.25, 0.3) is 11.2 Å². The molecule has 176 valence electrons. The second-order valence-electron chi connectivity index (χ2n) is 7.95. The number of carbonyl (C=O) groups is 1. The van der Waals surface area contributed by atoms with Crippen molar-refractivity contribution >= 4 is 34.2 Å². The minimum atomic E-state index is -0.459. The number of nitrogens with zero attached hydrogens (tertiary/aromatic N) is 3. The van der Waals surface area contributed by atoms with E-state index in [0.29, 0.717) is 51.9 Å². The lowest BCUT2D eigenvalue weighted by molar-refractivity contribution is 0.103. The van der Waals surface area contributed by atoms with Crippen molar-refractivity contribution in [2.24, 2.45) is 0 Å². The number of H-pyrrole nitrogens is 1. The fourth-order valence-corrected chi connectivity index (χ4v) is 4.17. The van der Waals surface area contributed by atoms with E-state index in [0.717, 1.165) is 12.8 Å². The van der Waals surface area contributed by atoms with Crippen LogP contribution in [0.5, 0.6) is 0 Å². The van der Waals surface area contributed by atoms with Crippen LogP contribution in [0.3, 0.4) is 0 Å². The van der Waals surface area contributed by atoms with Gasteiger partial charge in [-0.05, 0) is 31.5 Å². The van der Waals surface area contributed by atoms with Crippen molar-refractivity contribution in [2.45, 2.75) is 46.3 Å². The van der Waals surface area contributed by atoms with Crippen LogP contribution in [0.1, 0.15) is 48.4 Å². The number of aromatic amines is 1. The van der Waals surface area contributed by atoms with Gasteiger partial charge in [0.05, 0.1) is 6.54 Å². The maximum atomic E-state index is 13.1. The van der Waals surface area contributed by atoms with Crippen LogP contribution < -0.4 is 16.6 Å². The Bertz CT molecular complexity index is 1450. The number of ketones is 1. The van der Waals surface area contributed by atoms with Crippen molar-refractivity contribution in [2.75, 3.05) is 5.32 Å². The number of halogens is 1. The van der Waals surface area contributed by atoms with Crippen LogP contribution in [-0.4, -0.2) is 24.9 Å². The molecule has 4 rings (SSSR count). The number of hydrogen-bond acceptors (Lipinski definition) is 5. The Morgan fingerprint density at radius 1 is 1.09 bits per heavy atom. The van der Waals surface area contributed by atoms with Crippen molar-refractivity contribution in [1.29, 1.82) is 0 Å². The maximum Gasteiger partial charge on any atom is 0.330 e. The summed E-state index contributed by atoms with van der Waals surface area (Å²) in [6, 6.07) is 14.1. The first-order valence-electron chi connectivity index (χ1n) is 11.3. The van der Waals surface area contributed by atoms with E-state index >= 15 is 0 Å². The van der Waals surface area contributed by atoms with Gasteiger partial charge in [0.2, 0.25) is 0 Å². The predicted molar refractivity (Wildman–Crippen MR) is 134 cm³/mol. The molecule has 2 aromatic heterocycles. The largest absolute Gasteiger partial charge is 0.377 e. The summed E-state index contributed by atoms with van der Waals surface area (Å²) in [5, 5.41) is 3.73. The molecule has 0 radical (unpaired) electrons. The minimum absolute atomic E-state index is 0.153. The molecule has 0 unspecified atom stereocenters. The average molecular weight is 480 g/mol. The normalized spacial score (nSPS) is 11.1. The SMILES string of the molecule is CCCCn1c(=O)[nH]c(=O)c2c1nc(CNc1ccc(Cl)cc1C(=O)c1ccccc1)n2CC. The smallest absolute Gasteiger partial charge is 0.330 e. The topological polar surface area (TPSA) is 102 Å². The number of anilines is 1. The van der Waals surface area contributed by atoms with E-state index in [9.17, 15) is 14.4 Å². The quantitative estimate of drug-likeness (QED) is 0.350. The molecule has 0 spiro atoms. The summed E-state index contributed by atoms with van der Waals surface area (Å²) in [7, 11) is 0. The highest BCUT2D eigenvalue weighted by atomic mass is 35.5. The number of aromatic nitrogens is 4. The van der Waals surface area contributed by atoms with E-state index in [-0.39, 0.29) is 12.3 Å². The van der Waals surface area contributed by atoms with Gasteiger partial charge in [-0.3, -0.25) is 19.1 Å². The Hall–Kier alpha value is -3.65. The van der Waals surface area contributed by atoms with Crippen LogP contribution in [0.4, 0.5) is 5.69 Å². The molecule has 2 N–H and O–H groups in total. The first-order valence-corrected chi connectivity index (χ1v) is 11.7. The first kappa shape index (κ1) is 23.5. The Morgan fingerprint density at radius 2 is 1.85 bits per heavy atom. The van der Waals surface area contributed by atoms with Gasteiger partial charge < -0.3 is 9.88 Å². The molecule has 2 aromatic carbocycles. The van der Waals surface area contributed by atoms with Crippen molar-refractivity contribution in [1.82, 2.24) is 19.1 Å². The van der Waals surface area contributed by atoms with Gasteiger partial charge in [0.1, 0.15) is 5.82 Å². The van der Waals surface area contributed by atoms with E-state index in [4.69, 9.17) is 11.6 Å². The fourth-order valence-electron chi connectivity index (χ4n) is 3.99. The van der Waals surface area contributed by atoms with E-state index < -0.39 is 11.2 Å². The van der Waals surface area contributed by atoms with Gasteiger partial charge in [0.15, 0.2) is 16.9 Å². The lowest BCUT2D eigenvalue weighted by Crippen LogP contribution is -2.31. The van der Waals surface area contributed by atoms with Crippen LogP contribution in [0.2, 0.25) is 5.02 Å². The van der Waals surface area contributed by atoms with Gasteiger partial charge in [-0.15, -0.1) is 0 Å². The third-order valence-corrected chi connectivity index (χ3v) is 5.95. The van der Waals surface area contributed by atoms with E-state index in [2.05, 4.69) is 15.3 Å². The summed E-state index contributed by atoms with van der Waals surface area (Å²) >= 11 is 6.19. The zero-order valence-electron chi connectivity index (χ0n) is 19.1. The van der Waals surface area contributed by atoms with Crippen molar-refractivity contribution in [3.8, 4) is 0 Å². The molecule has 0 aliphatic rings. The number of hydrogen-bond donors (Lipinski definition) is 2. The number of benzene rings is 2. The Labute approximate surface area is 201 Å². The van der Waals surface area contributed by atoms with Gasteiger partial charge in [-0.25, -0.2) is 9.78 Å². The number of imidazole rings is 1. The number of nitrogens with one attached hydrogen (secondary N) is 2. The third-order valence-electron chi connectivity index (χ3n) is 5.72. The van der Waals surface area contributed by atoms with Crippen LogP contribution in [0, 0.1) is 0 Å². The number of carbonyl (C=O) groups excluding carboxylic acids is 1. The first-order chi connectivity index (χ1) is 16.4. The van der Waals surface area contributed by atoms with Crippen LogP contribution in [-0.2, 0) is 19.6 Å². The molecule has 2 heterocycles. The van der Waals surface area contributed by atoms with E-state index in [1.165, 1.54) is 4.57 Å². The molecule has 34 heavy (non-hydrogen) atoms. The number of aryl methyl sites for hydroxylation is 2. The number of fused-ring (bicyclic) bond motifs is 1. The highest BCUT2D eigenvalue weighted by Gasteiger charge is 2.19. The number of rotatable bonds is 9. The second-order valence-corrected chi connectivity index (χ2v) is 8.38. The molecular weight excluding hydrogens is 454 g/mol. The second kappa shape index (κ2) is 10.1. The standard InChI is InChI=1S/C25H26ClN5O3/c1-3-5-13-31-23-21(24(33)29-25(31)34)30(4-2)20(28-23)15-27-19-12-11-17(26)14-18(19)22(32)16-9-7-6-8-10-16/h6-12,14,27H,3-5,13,15H2,1-2H3,(H,29,33,34). The Balaban J connectivity index is 1.72. The molecule has 0 saturated carbocycles. The number of unbranched alkanes of at least 4 members (excludes halogenated alkanes) is 1. The lowest BCUT2D eigenvalue weighted by atomic mass is 10.0. The van der Waals surface area contributed by atoms with Gasteiger partial charge in [0, 0.05) is 34.9 Å². The minimum Gasteiger partial charge on any atom is -0.377 e. The molecule has 0 atom stereocenters. The fraction of sp³-hybridized carbons (Fsp3) is 0.280. The molecule has 0 bridgehead atoms. The summed E-state index contributed by atoms with van der Waals surface area (Å²) in [6.07, 6.45) is 1.70. The Kier molecular flexibility index (Phi) is 6.98. The van der Waals surface area contributed by atoms with Crippen molar-refractivity contribution in [3.63, 3.8) is 0 Å². The molecular formula is C25H26ClN5O3. The third kappa shape index (κ3) is 4.54. The van der Waals surface area contributed by atoms with Crippen LogP contribution >= 0.6 is 11.6 Å². The summed E-state index contributed by atoms with van der Waals surface area (Å²) in [4.78, 5) is 45.2. The predicted octanol–water partition coefficient (Wildman–Crippen LogP) is 4.20. The lowest BCUT2D eigenvalue weighted by Gasteiger charge is -2.13. The molecule has 4 aromatic rings. The van der Waals surface area contributed by atoms with Gasteiger partial charge >= 0.3 is 5.69 Å². The van der Waals surface area contributed by atoms with E-state index in [1.807, 2.05) is 32.0 Å². The summed E-state index contributed by atoms with van der Waals surface area (Å²) in [5.41, 5.74) is 1.42. The van der Waals surface area contributed by atoms with Crippen molar-refractivity contribution < 1.29 is 4.79 Å². The average Bonchev–Trinajstić information content (AvgIpc) is 3.22. The summed E-state index contributed by atoms with van der Waals surface area (Å²) < 4.78 is 3.31. The summed E-state index contributed by atoms with van der Waals surface area (Å²) in [6.45, 7) is 5.18. The highest BCUT2D eigenvalue weighted by molar-refractivity contribution is 6.31. The molecule has 0 saturated heterocycles. The van der Waals surface area contributed by atoms with Crippen LogP contribution in [0.15, 0.2) is 58.1 Å². The van der Waals surface area contributed by atoms with Crippen molar-refractivity contribution in [3.05, 3.63) is 91.3 Å². The maximum absolute atomic E-state index is 13.1. The van der Waals surface area contributed by atoms with Gasteiger partial charge in [-0.1, -0.05) is 55.3 Å². The molecule has 8 nitrogen and oxygen atoms in total. The van der Waals surface area contributed by atoms with E-state index in [1.54, 1.807) is 34.9 Å². The molecule has 0 amide bonds. The zero-order valence-corrected chi connectivity index (χ0v) is 19.9. The monoisotopic (exact) mass is 479 g/mol.